The Hall–Kier alpha value is -1.42. The van der Waals surface area contributed by atoms with Crippen LogP contribution in [0.1, 0.15) is 0 Å². The van der Waals surface area contributed by atoms with Crippen molar-refractivity contribution in [2.45, 2.75) is 0 Å². The molecule has 0 amide bonds. The second-order valence-corrected chi connectivity index (χ2v) is 1.79. The lowest BCUT2D eigenvalue weighted by molar-refractivity contribution is 0.115. The van der Waals surface area contributed by atoms with Crippen molar-refractivity contribution in [2.24, 2.45) is 0 Å². The fraction of sp³-hybridized carbons (Fsp3) is 0. The van der Waals surface area contributed by atoms with Crippen LogP contribution in [0, 0.1) is 0 Å². The Labute approximate surface area is 75.6 Å². The van der Waals surface area contributed by atoms with Crippen molar-refractivity contribution in [1.82, 2.24) is 5.32 Å². The largest absolute Gasteiger partial charge is 0.512 e. The highest BCUT2D eigenvalue weighted by Crippen LogP contribution is 1.97. The molecule has 1 heterocycles. The zero-order chi connectivity index (χ0) is 8.10. The van der Waals surface area contributed by atoms with E-state index in [2.05, 4.69) is 10.1 Å². The molecule has 4 nitrogen and oxygen atoms in total. The molecule has 0 bridgehead atoms. The first-order valence-electron chi connectivity index (χ1n) is 3.00. The van der Waals surface area contributed by atoms with Crippen LogP contribution >= 0.6 is 12.4 Å². The van der Waals surface area contributed by atoms with Crippen molar-refractivity contribution >= 4 is 18.6 Å². The summed E-state index contributed by atoms with van der Waals surface area (Å²) >= 11 is 0. The van der Waals surface area contributed by atoms with E-state index < -0.39 is 6.16 Å². The van der Waals surface area contributed by atoms with Gasteiger partial charge in [0.2, 0.25) is 5.88 Å². The van der Waals surface area contributed by atoms with Gasteiger partial charge in [-0.05, 0) is 12.2 Å². The molecule has 1 rings (SSSR count). The van der Waals surface area contributed by atoms with Gasteiger partial charge >= 0.3 is 6.16 Å². The van der Waals surface area contributed by atoms with Crippen molar-refractivity contribution in [3.63, 3.8) is 0 Å². The summed E-state index contributed by atoms with van der Waals surface area (Å²) in [6, 6.07) is 0. The van der Waals surface area contributed by atoms with Gasteiger partial charge in [0.25, 0.3) is 0 Å². The molecule has 0 aromatic heterocycles. The smallest absolute Gasteiger partial charge is 0.449 e. The average Bonchev–Trinajstić information content (AvgIpc) is 2.14. The molecular formula is C7H8ClNO3. The standard InChI is InChI=1S/C7H7NO3.ClH/c9-7(10)11-6-4-2-1-3-5-8-6;/h1-5,8H,(H,9,10);1H. The van der Waals surface area contributed by atoms with Gasteiger partial charge < -0.3 is 15.2 Å². The van der Waals surface area contributed by atoms with E-state index in [-0.39, 0.29) is 18.3 Å². The summed E-state index contributed by atoms with van der Waals surface area (Å²) in [7, 11) is 0. The molecule has 5 heteroatoms. The first-order valence-corrected chi connectivity index (χ1v) is 3.00. The predicted octanol–water partition coefficient (Wildman–Crippen LogP) is 1.62. The molecule has 0 unspecified atom stereocenters. The highest BCUT2D eigenvalue weighted by atomic mass is 35.5. The van der Waals surface area contributed by atoms with E-state index in [4.69, 9.17) is 5.11 Å². The third-order valence-electron chi connectivity index (χ3n) is 0.989. The molecule has 2 N–H and O–H groups in total. The van der Waals surface area contributed by atoms with E-state index in [9.17, 15) is 4.79 Å². The van der Waals surface area contributed by atoms with Crippen LogP contribution in [0.5, 0.6) is 0 Å². The molecule has 66 valence electrons. The minimum atomic E-state index is -1.33. The summed E-state index contributed by atoms with van der Waals surface area (Å²) < 4.78 is 4.34. The first-order chi connectivity index (χ1) is 5.29. The lowest BCUT2D eigenvalue weighted by Gasteiger charge is -2.01. The van der Waals surface area contributed by atoms with E-state index in [0.717, 1.165) is 0 Å². The number of hydrogen-bond acceptors (Lipinski definition) is 3. The van der Waals surface area contributed by atoms with Crippen LogP contribution in [0.3, 0.4) is 0 Å². The van der Waals surface area contributed by atoms with Crippen LogP contribution in [0.4, 0.5) is 4.79 Å². The predicted molar refractivity (Wildman–Crippen MR) is 45.9 cm³/mol. The van der Waals surface area contributed by atoms with Crippen molar-refractivity contribution in [3.05, 3.63) is 36.4 Å². The summed E-state index contributed by atoms with van der Waals surface area (Å²) in [4.78, 5) is 10.0. The molecule has 0 saturated heterocycles. The lowest BCUT2D eigenvalue weighted by atomic mass is 10.5. The van der Waals surface area contributed by atoms with Gasteiger partial charge in [0.1, 0.15) is 0 Å². The van der Waals surface area contributed by atoms with Gasteiger partial charge in [-0.25, -0.2) is 4.79 Å². The van der Waals surface area contributed by atoms with Gasteiger partial charge in [-0.3, -0.25) is 0 Å². The lowest BCUT2D eigenvalue weighted by Crippen LogP contribution is -2.11. The maximum Gasteiger partial charge on any atom is 0.512 e. The van der Waals surface area contributed by atoms with Crippen LogP contribution in [0.25, 0.3) is 0 Å². The Morgan fingerprint density at radius 2 is 2.17 bits per heavy atom. The number of allylic oxidation sites excluding steroid dienone is 4. The second-order valence-electron chi connectivity index (χ2n) is 1.79. The number of carbonyl (C=O) groups is 1. The van der Waals surface area contributed by atoms with Crippen molar-refractivity contribution in [2.75, 3.05) is 0 Å². The fourth-order valence-electron chi connectivity index (χ4n) is 0.599. The van der Waals surface area contributed by atoms with Gasteiger partial charge in [0, 0.05) is 6.20 Å². The van der Waals surface area contributed by atoms with Crippen LogP contribution in [0.2, 0.25) is 0 Å². The van der Waals surface area contributed by atoms with Gasteiger partial charge in [-0.1, -0.05) is 12.2 Å². The molecular weight excluding hydrogens is 182 g/mol. The van der Waals surface area contributed by atoms with Gasteiger partial charge in [-0.15, -0.1) is 12.4 Å². The average molecular weight is 190 g/mol. The number of rotatable bonds is 1. The molecule has 1 aliphatic rings. The quantitative estimate of drug-likeness (QED) is 0.616. The summed E-state index contributed by atoms with van der Waals surface area (Å²) in [5.74, 6) is 0.197. The minimum Gasteiger partial charge on any atom is -0.449 e. The molecule has 0 atom stereocenters. The van der Waals surface area contributed by atoms with Gasteiger partial charge in [0.15, 0.2) is 0 Å². The normalized spacial score (nSPS) is 13.5. The van der Waals surface area contributed by atoms with Crippen molar-refractivity contribution < 1.29 is 14.6 Å². The fourth-order valence-corrected chi connectivity index (χ4v) is 0.599. The summed E-state index contributed by atoms with van der Waals surface area (Å²) in [5, 5.41) is 10.8. The molecule has 0 saturated carbocycles. The summed E-state index contributed by atoms with van der Waals surface area (Å²) in [5.41, 5.74) is 0. The van der Waals surface area contributed by atoms with E-state index in [0.29, 0.717) is 0 Å². The number of ether oxygens (including phenoxy) is 1. The molecule has 0 aliphatic carbocycles. The molecule has 12 heavy (non-hydrogen) atoms. The number of hydrogen-bond donors (Lipinski definition) is 2. The number of halogens is 1. The number of carboxylic acid groups (broad SMARTS) is 1. The topological polar surface area (TPSA) is 58.6 Å². The highest BCUT2D eigenvalue weighted by molar-refractivity contribution is 5.85. The van der Waals surface area contributed by atoms with Crippen LogP contribution in [-0.4, -0.2) is 11.3 Å². The van der Waals surface area contributed by atoms with E-state index in [1.165, 1.54) is 6.08 Å². The first kappa shape index (κ1) is 10.6. The van der Waals surface area contributed by atoms with Gasteiger partial charge in [0.05, 0.1) is 0 Å². The molecule has 1 aliphatic heterocycles. The van der Waals surface area contributed by atoms with E-state index in [1.54, 1.807) is 24.4 Å². The molecule has 0 spiro atoms. The Balaban J connectivity index is 0.00000121. The monoisotopic (exact) mass is 189 g/mol. The molecule has 0 fully saturated rings. The van der Waals surface area contributed by atoms with Gasteiger partial charge in [-0.2, -0.15) is 0 Å². The van der Waals surface area contributed by atoms with Crippen LogP contribution in [0.15, 0.2) is 36.4 Å². The van der Waals surface area contributed by atoms with Crippen LogP contribution < -0.4 is 5.32 Å². The second kappa shape index (κ2) is 5.26. The van der Waals surface area contributed by atoms with E-state index in [1.807, 2.05) is 0 Å². The molecule has 0 aromatic rings. The minimum absolute atomic E-state index is 0. The summed E-state index contributed by atoms with van der Waals surface area (Å²) in [6.45, 7) is 0. The maximum atomic E-state index is 10.0. The Bertz CT molecular complexity index is 245. The SMILES string of the molecule is Cl.O=C(O)OC1=CC=CC=CN1. The third-order valence-corrected chi connectivity index (χ3v) is 0.989. The van der Waals surface area contributed by atoms with Crippen molar-refractivity contribution in [3.8, 4) is 0 Å². The summed E-state index contributed by atoms with van der Waals surface area (Å²) in [6.07, 6.45) is 6.94. The molecule has 0 aromatic carbocycles. The van der Waals surface area contributed by atoms with Crippen LogP contribution in [-0.2, 0) is 4.74 Å². The number of nitrogens with one attached hydrogen (secondary N) is 1. The maximum absolute atomic E-state index is 10.0. The Kier molecular flexibility index (Phi) is 4.64. The zero-order valence-corrected chi connectivity index (χ0v) is 6.88. The van der Waals surface area contributed by atoms with Crippen molar-refractivity contribution in [1.29, 1.82) is 0 Å². The Morgan fingerprint density at radius 3 is 2.83 bits per heavy atom. The highest BCUT2D eigenvalue weighted by Gasteiger charge is 2.00. The zero-order valence-electron chi connectivity index (χ0n) is 6.06. The third kappa shape index (κ3) is 3.68. The molecule has 0 radical (unpaired) electrons. The van der Waals surface area contributed by atoms with E-state index >= 15 is 0 Å². The Morgan fingerprint density at radius 1 is 1.42 bits per heavy atom.